The summed E-state index contributed by atoms with van der Waals surface area (Å²) < 4.78 is 16.6. The normalized spacial score (nSPS) is 49.6. The zero-order valence-electron chi connectivity index (χ0n) is 17.3. The average Bonchev–Trinajstić information content (AvgIpc) is 3.10. The zero-order chi connectivity index (χ0) is 19.4. The van der Waals surface area contributed by atoms with Crippen LogP contribution in [0.4, 0.5) is 0 Å². The Hall–Kier alpha value is -1.11. The topological polar surface area (TPSA) is 63.3 Å². The van der Waals surface area contributed by atoms with Crippen molar-refractivity contribution in [2.24, 2.45) is 23.7 Å². The Labute approximate surface area is 167 Å². The Morgan fingerprint density at radius 3 is 2.82 bits per heavy atom. The number of hydrogen-bond donors (Lipinski definition) is 1. The van der Waals surface area contributed by atoms with Crippen molar-refractivity contribution in [2.45, 2.75) is 69.4 Å². The molecule has 0 radical (unpaired) electrons. The van der Waals surface area contributed by atoms with Crippen LogP contribution in [0.3, 0.4) is 0 Å². The molecule has 0 bridgehead atoms. The number of nitrogens with zero attached hydrogens (tertiary/aromatic N) is 1. The standard InChI is InChI=1S/C22H33N2O4/c1-12-17-10-24-7-6-15-14-5-4-13(26-2)8-19(14)23-21(15)20(24)9-16(17)18(11-28-12)22(25)27-3/h11-17,19-21H,4-10H2,1-3H3/q-1/p+1. The van der Waals surface area contributed by atoms with E-state index in [0.717, 1.165) is 36.8 Å². The fraction of sp³-hybridized carbons (Fsp3) is 0.864. The van der Waals surface area contributed by atoms with Gasteiger partial charge in [0.2, 0.25) is 0 Å². The summed E-state index contributed by atoms with van der Waals surface area (Å²) in [7, 11) is 3.31. The molecular weight excluding hydrogens is 356 g/mol. The van der Waals surface area contributed by atoms with Gasteiger partial charge in [-0.2, -0.15) is 0 Å². The van der Waals surface area contributed by atoms with Gasteiger partial charge in [0.1, 0.15) is 6.10 Å². The van der Waals surface area contributed by atoms with Gasteiger partial charge in [-0.05, 0) is 38.5 Å². The first-order valence-electron chi connectivity index (χ1n) is 11.1. The number of quaternary nitrogens is 1. The van der Waals surface area contributed by atoms with Crippen LogP contribution < -0.4 is 4.90 Å². The summed E-state index contributed by atoms with van der Waals surface area (Å²) in [4.78, 5) is 14.1. The molecule has 4 fully saturated rings. The second-order valence-electron chi connectivity index (χ2n) is 9.63. The van der Waals surface area contributed by atoms with E-state index in [1.807, 2.05) is 7.11 Å². The van der Waals surface area contributed by atoms with Gasteiger partial charge >= 0.3 is 5.97 Å². The molecule has 6 nitrogen and oxygen atoms in total. The van der Waals surface area contributed by atoms with E-state index in [9.17, 15) is 4.79 Å². The third-order valence-corrected chi connectivity index (χ3v) is 8.60. The van der Waals surface area contributed by atoms with Crippen LogP contribution in [0.25, 0.3) is 5.32 Å². The van der Waals surface area contributed by atoms with E-state index in [1.54, 1.807) is 11.2 Å². The first-order valence-corrected chi connectivity index (χ1v) is 11.1. The molecule has 6 heteroatoms. The number of hydrogen-bond acceptors (Lipinski definition) is 4. The van der Waals surface area contributed by atoms with E-state index in [-0.39, 0.29) is 18.0 Å². The first-order chi connectivity index (χ1) is 13.6. The van der Waals surface area contributed by atoms with Gasteiger partial charge in [0.25, 0.3) is 0 Å². The molecule has 1 N–H and O–H groups in total. The molecule has 28 heavy (non-hydrogen) atoms. The minimum absolute atomic E-state index is 0.162. The summed E-state index contributed by atoms with van der Waals surface area (Å²) in [6, 6.07) is 1.47. The number of carbonyl (C=O) groups is 1. The molecule has 5 rings (SSSR count). The SMILES string of the molecule is COC(=O)C1=COC(C)C2C[NH+]3CCC4C5CCC(OC)CC5[N-]C4C3CC12. The van der Waals surface area contributed by atoms with E-state index in [1.165, 1.54) is 32.9 Å². The Morgan fingerprint density at radius 2 is 2.04 bits per heavy atom. The van der Waals surface area contributed by atoms with Gasteiger partial charge in [-0.15, -0.1) is 6.04 Å². The molecule has 1 aliphatic carbocycles. The zero-order valence-corrected chi connectivity index (χ0v) is 17.3. The lowest BCUT2D eigenvalue weighted by Gasteiger charge is -2.53. The maximum atomic E-state index is 12.4. The van der Waals surface area contributed by atoms with Gasteiger partial charge in [0.05, 0.1) is 50.1 Å². The van der Waals surface area contributed by atoms with E-state index in [0.29, 0.717) is 30.1 Å². The lowest BCUT2D eigenvalue weighted by atomic mass is 9.67. The average molecular weight is 391 g/mol. The molecule has 0 aromatic carbocycles. The van der Waals surface area contributed by atoms with E-state index in [2.05, 4.69) is 6.92 Å². The Morgan fingerprint density at radius 1 is 1.18 bits per heavy atom. The molecule has 156 valence electrons. The quantitative estimate of drug-likeness (QED) is 0.722. The molecule has 0 aromatic rings. The van der Waals surface area contributed by atoms with Crippen molar-refractivity contribution < 1.29 is 23.9 Å². The number of carbonyl (C=O) groups excluding carboxylic acids is 1. The van der Waals surface area contributed by atoms with Crippen molar-refractivity contribution in [1.29, 1.82) is 0 Å². The van der Waals surface area contributed by atoms with Crippen LogP contribution in [0.1, 0.15) is 39.0 Å². The number of rotatable bonds is 2. The minimum Gasteiger partial charge on any atom is -0.651 e. The van der Waals surface area contributed by atoms with Crippen LogP contribution in [-0.4, -0.2) is 63.6 Å². The highest BCUT2D eigenvalue weighted by molar-refractivity contribution is 5.88. The number of piperidine rings is 2. The highest BCUT2D eigenvalue weighted by Crippen LogP contribution is 2.50. The van der Waals surface area contributed by atoms with Gasteiger partial charge < -0.3 is 24.4 Å². The third-order valence-electron chi connectivity index (χ3n) is 8.60. The molecule has 0 aromatic heterocycles. The van der Waals surface area contributed by atoms with Crippen molar-refractivity contribution in [1.82, 2.24) is 0 Å². The Bertz CT molecular complexity index is 652. The predicted molar refractivity (Wildman–Crippen MR) is 104 cm³/mol. The number of methoxy groups -OCH3 is 2. The second-order valence-corrected chi connectivity index (χ2v) is 9.63. The molecule has 1 saturated carbocycles. The summed E-state index contributed by atoms with van der Waals surface area (Å²) in [5.41, 5.74) is 0.738. The lowest BCUT2D eigenvalue weighted by molar-refractivity contribution is -0.942. The van der Waals surface area contributed by atoms with Crippen molar-refractivity contribution in [3.8, 4) is 0 Å². The number of ether oxygens (including phenoxy) is 3. The lowest BCUT2D eigenvalue weighted by Crippen LogP contribution is -3.20. The predicted octanol–water partition coefficient (Wildman–Crippen LogP) is 1.31. The fourth-order valence-corrected chi connectivity index (χ4v) is 7.16. The van der Waals surface area contributed by atoms with Gasteiger partial charge in [-0.25, -0.2) is 4.79 Å². The van der Waals surface area contributed by atoms with E-state index >= 15 is 0 Å². The third kappa shape index (κ3) is 2.91. The summed E-state index contributed by atoms with van der Waals surface area (Å²) in [5.74, 6) is 1.89. The molecular formula is C22H34N2O4. The molecule has 4 aliphatic heterocycles. The number of nitrogens with one attached hydrogen (secondary N) is 1. The molecule has 0 amide bonds. The Kier molecular flexibility index (Phi) is 4.92. The summed E-state index contributed by atoms with van der Waals surface area (Å²) in [5, 5.41) is 5.39. The summed E-state index contributed by atoms with van der Waals surface area (Å²) >= 11 is 0. The van der Waals surface area contributed by atoms with Crippen LogP contribution in [0.5, 0.6) is 0 Å². The minimum atomic E-state index is -0.224. The monoisotopic (exact) mass is 390 g/mol. The van der Waals surface area contributed by atoms with Crippen molar-refractivity contribution in [2.75, 3.05) is 27.3 Å². The van der Waals surface area contributed by atoms with Crippen molar-refractivity contribution in [3.63, 3.8) is 0 Å². The first kappa shape index (κ1) is 18.9. The molecule has 10 unspecified atom stereocenters. The van der Waals surface area contributed by atoms with Crippen LogP contribution in [0.15, 0.2) is 11.8 Å². The second kappa shape index (κ2) is 7.29. The van der Waals surface area contributed by atoms with Gasteiger partial charge in [-0.3, -0.25) is 0 Å². The molecule has 10 atom stereocenters. The summed E-state index contributed by atoms with van der Waals surface area (Å²) in [6.45, 7) is 4.47. The van der Waals surface area contributed by atoms with Crippen molar-refractivity contribution in [3.05, 3.63) is 17.2 Å². The van der Waals surface area contributed by atoms with Crippen LogP contribution >= 0.6 is 0 Å². The molecule has 5 aliphatic rings. The van der Waals surface area contributed by atoms with Gasteiger partial charge in [0.15, 0.2) is 0 Å². The van der Waals surface area contributed by atoms with Gasteiger partial charge in [0, 0.05) is 19.4 Å². The van der Waals surface area contributed by atoms with Crippen LogP contribution in [-0.2, 0) is 19.0 Å². The maximum Gasteiger partial charge on any atom is 0.337 e. The number of fused-ring (bicyclic) bond motifs is 6. The molecule has 0 spiro atoms. The summed E-state index contributed by atoms with van der Waals surface area (Å²) in [6.07, 6.45) is 8.10. The van der Waals surface area contributed by atoms with Crippen LogP contribution in [0.2, 0.25) is 0 Å². The largest absolute Gasteiger partial charge is 0.651 e. The number of esters is 1. The van der Waals surface area contributed by atoms with Crippen LogP contribution in [0, 0.1) is 23.7 Å². The Balaban J connectivity index is 1.38. The van der Waals surface area contributed by atoms with Crippen molar-refractivity contribution >= 4 is 5.97 Å². The fourth-order valence-electron chi connectivity index (χ4n) is 7.16. The molecule has 4 heterocycles. The van der Waals surface area contributed by atoms with E-state index < -0.39 is 0 Å². The van der Waals surface area contributed by atoms with E-state index in [4.69, 9.17) is 19.5 Å². The smallest absolute Gasteiger partial charge is 0.337 e. The highest BCUT2D eigenvalue weighted by atomic mass is 16.5. The maximum absolute atomic E-state index is 12.4. The highest BCUT2D eigenvalue weighted by Gasteiger charge is 2.53. The van der Waals surface area contributed by atoms with Gasteiger partial charge in [-0.1, -0.05) is 12.0 Å². The molecule has 3 saturated heterocycles.